The Morgan fingerprint density at radius 2 is 1.16 bits per heavy atom. The Bertz CT molecular complexity index is 2390. The maximum atomic E-state index is 13.7. The van der Waals surface area contributed by atoms with E-state index in [4.69, 9.17) is 23.9 Å². The molecule has 4 aliphatic rings. The Labute approximate surface area is 335 Å². The van der Waals surface area contributed by atoms with Crippen LogP contribution >= 0.6 is 0 Å². The molecule has 2 unspecified atom stereocenters. The third-order valence-corrected chi connectivity index (χ3v) is 10.8. The lowest BCUT2D eigenvalue weighted by Gasteiger charge is -2.19. The Balaban J connectivity index is 0.846. The van der Waals surface area contributed by atoms with Crippen LogP contribution in [-0.4, -0.2) is 91.7 Å². The molecule has 2 N–H and O–H groups in total. The highest BCUT2D eigenvalue weighted by atomic mass is 16.5. The van der Waals surface area contributed by atoms with Crippen LogP contribution in [0.15, 0.2) is 95.2 Å². The van der Waals surface area contributed by atoms with E-state index in [2.05, 4.69) is 22.4 Å². The average molecular weight is 782 g/mol. The van der Waals surface area contributed by atoms with Crippen LogP contribution in [0.4, 0.5) is 17.1 Å². The van der Waals surface area contributed by atoms with Crippen molar-refractivity contribution in [1.29, 1.82) is 0 Å². The summed E-state index contributed by atoms with van der Waals surface area (Å²) in [5.74, 6) is 0.599. The number of hydrogen-bond acceptors (Lipinski definition) is 10. The van der Waals surface area contributed by atoms with Crippen molar-refractivity contribution in [3.05, 3.63) is 113 Å². The summed E-state index contributed by atoms with van der Waals surface area (Å²) in [7, 11) is 4.98. The molecule has 13 nitrogen and oxygen atoms in total. The topological polar surface area (TPSA) is 152 Å². The van der Waals surface area contributed by atoms with Gasteiger partial charge < -0.3 is 39.2 Å². The Morgan fingerprint density at radius 3 is 1.59 bits per heavy atom. The number of carbonyl (C=O) groups excluding carboxylic acids is 2. The van der Waals surface area contributed by atoms with Gasteiger partial charge in [0.05, 0.1) is 67.6 Å². The number of carbonyl (C=O) groups is 3. The second kappa shape index (κ2) is 16.3. The number of aliphatic imine (C=N–C) groups is 2. The van der Waals surface area contributed by atoms with Gasteiger partial charge in [0.25, 0.3) is 11.8 Å². The standard InChI is InChI=1S/C45H43N5O8/c1-46-32-13-11-28(12-14-32)31-18-34-24-48-38-22-42(40(56-3)20-36(38)44(52)50(34)26-31)58-16-6-4-5-15-57-41-21-37-35(19-39(41)55-2)43(51)49-25-30(17-33(49)23-47-37)27-7-9-29(10-8-27)45(53)54/h7-14,19-26,33-34,46H,4-6,15-18H2,1-3H3,(H,53,54). The molecule has 8 rings (SSSR count). The van der Waals surface area contributed by atoms with Crippen molar-refractivity contribution in [2.45, 2.75) is 44.2 Å². The number of nitrogens with one attached hydrogen (secondary N) is 1. The number of methoxy groups -OCH3 is 2. The fourth-order valence-electron chi connectivity index (χ4n) is 7.57. The summed E-state index contributed by atoms with van der Waals surface area (Å²) >= 11 is 0. The molecule has 0 saturated carbocycles. The van der Waals surface area contributed by atoms with E-state index in [0.717, 1.165) is 47.2 Å². The first-order valence-electron chi connectivity index (χ1n) is 19.2. The second-order valence-electron chi connectivity index (χ2n) is 14.3. The summed E-state index contributed by atoms with van der Waals surface area (Å²) in [5.41, 5.74) is 7.07. The SMILES string of the molecule is CNc1ccc(C2=CN3C(=O)c4cc(OC)c(OCCCCCOc5cc6c(cc5OC)C(=O)N5C=C(c7ccc(C(=O)O)cc7)CC5C=N6)cc4N=CC3C2)cc1. The van der Waals surface area contributed by atoms with Gasteiger partial charge >= 0.3 is 5.97 Å². The molecular weight excluding hydrogens is 739 g/mol. The van der Waals surface area contributed by atoms with E-state index < -0.39 is 5.97 Å². The van der Waals surface area contributed by atoms with Gasteiger partial charge in [-0.15, -0.1) is 0 Å². The van der Waals surface area contributed by atoms with Gasteiger partial charge in [0.2, 0.25) is 0 Å². The van der Waals surface area contributed by atoms with Gasteiger partial charge in [-0.3, -0.25) is 19.6 Å². The van der Waals surface area contributed by atoms with Gasteiger partial charge in [-0.1, -0.05) is 24.3 Å². The minimum absolute atomic E-state index is 0.135. The molecule has 4 aromatic carbocycles. The van der Waals surface area contributed by atoms with Crippen LogP contribution in [0.5, 0.6) is 23.0 Å². The zero-order valence-electron chi connectivity index (χ0n) is 32.4. The summed E-state index contributed by atoms with van der Waals surface area (Å²) in [6.07, 6.45) is 10.9. The highest BCUT2D eigenvalue weighted by Crippen LogP contribution is 2.42. The molecule has 13 heteroatoms. The minimum atomic E-state index is -0.987. The van der Waals surface area contributed by atoms with E-state index >= 15 is 0 Å². The molecule has 0 aliphatic carbocycles. The quantitative estimate of drug-likeness (QED) is 0.121. The number of anilines is 1. The summed E-state index contributed by atoms with van der Waals surface area (Å²) in [4.78, 5) is 51.5. The van der Waals surface area contributed by atoms with Crippen molar-refractivity contribution < 1.29 is 38.4 Å². The lowest BCUT2D eigenvalue weighted by molar-refractivity contribution is 0.0695. The lowest BCUT2D eigenvalue weighted by atomic mass is 10.0. The Kier molecular flexibility index (Phi) is 10.7. The van der Waals surface area contributed by atoms with Crippen LogP contribution in [0, 0.1) is 0 Å². The van der Waals surface area contributed by atoms with E-state index in [0.29, 0.717) is 71.6 Å². The average Bonchev–Trinajstić information content (AvgIpc) is 3.83. The van der Waals surface area contributed by atoms with Crippen LogP contribution in [0.2, 0.25) is 0 Å². The fourth-order valence-corrected chi connectivity index (χ4v) is 7.57. The molecule has 296 valence electrons. The number of hydrogen-bond donors (Lipinski definition) is 2. The molecule has 0 fully saturated rings. The second-order valence-corrected chi connectivity index (χ2v) is 14.3. The van der Waals surface area contributed by atoms with Crippen molar-refractivity contribution in [1.82, 2.24) is 9.80 Å². The Morgan fingerprint density at radius 1 is 0.690 bits per heavy atom. The molecule has 0 spiro atoms. The van der Waals surface area contributed by atoms with E-state index in [9.17, 15) is 19.5 Å². The van der Waals surface area contributed by atoms with Gasteiger partial charge in [-0.2, -0.15) is 0 Å². The molecule has 0 aromatic heterocycles. The van der Waals surface area contributed by atoms with Crippen molar-refractivity contribution in [2.75, 3.05) is 39.8 Å². The van der Waals surface area contributed by atoms with Gasteiger partial charge in [-0.25, -0.2) is 4.79 Å². The number of nitrogens with zero attached hydrogens (tertiary/aromatic N) is 4. The number of carboxylic acid groups (broad SMARTS) is 1. The first-order valence-corrected chi connectivity index (χ1v) is 19.2. The lowest BCUT2D eigenvalue weighted by Crippen LogP contribution is -2.32. The number of carboxylic acids is 1. The summed E-state index contributed by atoms with van der Waals surface area (Å²) in [6.45, 7) is 0.850. The normalized spacial score (nSPS) is 17.6. The highest BCUT2D eigenvalue weighted by Gasteiger charge is 2.35. The van der Waals surface area contributed by atoms with E-state index in [1.807, 2.05) is 37.8 Å². The van der Waals surface area contributed by atoms with Crippen LogP contribution < -0.4 is 24.3 Å². The van der Waals surface area contributed by atoms with Crippen molar-refractivity contribution in [3.63, 3.8) is 0 Å². The zero-order chi connectivity index (χ0) is 40.3. The number of fused-ring (bicyclic) bond motifs is 4. The van der Waals surface area contributed by atoms with Gasteiger partial charge in [0, 0.05) is 62.5 Å². The number of aromatic carboxylic acids is 1. The fraction of sp³-hybridized carbons (Fsp3) is 0.267. The monoisotopic (exact) mass is 781 g/mol. The summed E-state index contributed by atoms with van der Waals surface area (Å²) in [6, 6.07) is 21.2. The van der Waals surface area contributed by atoms with Crippen molar-refractivity contribution in [3.8, 4) is 23.0 Å². The molecule has 2 atom stereocenters. The highest BCUT2D eigenvalue weighted by molar-refractivity contribution is 6.06. The predicted octanol–water partition coefficient (Wildman–Crippen LogP) is 8.01. The van der Waals surface area contributed by atoms with Crippen LogP contribution in [-0.2, 0) is 0 Å². The van der Waals surface area contributed by atoms with E-state index in [1.165, 1.54) is 7.11 Å². The summed E-state index contributed by atoms with van der Waals surface area (Å²) in [5, 5.41) is 12.4. The number of amides is 2. The van der Waals surface area contributed by atoms with Gasteiger partial charge in [-0.05, 0) is 77.9 Å². The molecule has 4 aliphatic heterocycles. The molecule has 0 radical (unpaired) electrons. The van der Waals surface area contributed by atoms with E-state index in [1.54, 1.807) is 71.7 Å². The zero-order valence-corrected chi connectivity index (χ0v) is 32.4. The molecule has 4 heterocycles. The number of unbranched alkanes of at least 4 members (excludes halogenated alkanes) is 2. The first kappa shape index (κ1) is 38.0. The van der Waals surface area contributed by atoms with Gasteiger partial charge in [0.15, 0.2) is 23.0 Å². The first-order chi connectivity index (χ1) is 28.2. The smallest absolute Gasteiger partial charge is 0.335 e. The van der Waals surface area contributed by atoms with Crippen LogP contribution in [0.1, 0.15) is 74.3 Å². The van der Waals surface area contributed by atoms with Crippen LogP contribution in [0.25, 0.3) is 11.1 Å². The molecular formula is C45H43N5O8. The molecule has 0 bridgehead atoms. The van der Waals surface area contributed by atoms with Crippen LogP contribution in [0.3, 0.4) is 0 Å². The number of ether oxygens (including phenoxy) is 4. The maximum Gasteiger partial charge on any atom is 0.335 e. The molecule has 4 aromatic rings. The summed E-state index contributed by atoms with van der Waals surface area (Å²) < 4.78 is 23.5. The number of rotatable bonds is 14. The van der Waals surface area contributed by atoms with Gasteiger partial charge in [0.1, 0.15) is 0 Å². The predicted molar refractivity (Wildman–Crippen MR) is 222 cm³/mol. The third-order valence-electron chi connectivity index (χ3n) is 10.8. The third kappa shape index (κ3) is 7.50. The van der Waals surface area contributed by atoms with E-state index in [-0.39, 0.29) is 29.5 Å². The largest absolute Gasteiger partial charge is 0.493 e. The van der Waals surface area contributed by atoms with Crippen molar-refractivity contribution in [2.24, 2.45) is 9.98 Å². The minimum Gasteiger partial charge on any atom is -0.493 e. The molecule has 2 amide bonds. The molecule has 58 heavy (non-hydrogen) atoms. The van der Waals surface area contributed by atoms with Crippen molar-refractivity contribution >= 4 is 58.4 Å². The molecule has 0 saturated heterocycles. The Hall–Kier alpha value is -6.89. The number of benzene rings is 4. The maximum absolute atomic E-state index is 13.7.